The predicted octanol–water partition coefficient (Wildman–Crippen LogP) is 1.08. The molecule has 0 aliphatic rings. The summed E-state index contributed by atoms with van der Waals surface area (Å²) in [5.74, 6) is 0.626. The van der Waals surface area contributed by atoms with Crippen molar-refractivity contribution in [2.75, 3.05) is 17.7 Å². The van der Waals surface area contributed by atoms with Crippen LogP contribution in [0.2, 0.25) is 0 Å². The molecule has 0 unspecified atom stereocenters. The van der Waals surface area contributed by atoms with Gasteiger partial charge in [-0.15, -0.1) is 0 Å². The van der Waals surface area contributed by atoms with Crippen LogP contribution in [0, 0.1) is 0 Å². The lowest BCUT2D eigenvalue weighted by molar-refractivity contribution is -0.118. The molecule has 0 saturated carbocycles. The molecule has 0 bridgehead atoms. The van der Waals surface area contributed by atoms with E-state index >= 15 is 0 Å². The molecule has 0 fully saturated rings. The van der Waals surface area contributed by atoms with Crippen LogP contribution in [-0.4, -0.2) is 22.5 Å². The van der Waals surface area contributed by atoms with Crippen LogP contribution in [0.3, 0.4) is 0 Å². The van der Waals surface area contributed by atoms with Gasteiger partial charge in [-0.25, -0.2) is 4.98 Å². The second-order valence-corrected chi connectivity index (χ2v) is 3.50. The summed E-state index contributed by atoms with van der Waals surface area (Å²) in [6, 6.07) is 6.87. The van der Waals surface area contributed by atoms with Gasteiger partial charge in [0, 0.05) is 24.1 Å². The molecular weight excluding hydrogens is 232 g/mol. The van der Waals surface area contributed by atoms with Crippen LogP contribution in [-0.2, 0) is 4.79 Å². The number of ether oxygens (including phenoxy) is 1. The monoisotopic (exact) mass is 244 g/mol. The number of hydrogen-bond donors (Lipinski definition) is 2. The van der Waals surface area contributed by atoms with E-state index in [0.29, 0.717) is 17.3 Å². The van der Waals surface area contributed by atoms with Gasteiger partial charge < -0.3 is 15.8 Å². The Bertz CT molecular complexity index is 531. The minimum absolute atomic E-state index is 0.111. The Kier molecular flexibility index (Phi) is 3.70. The van der Waals surface area contributed by atoms with E-state index < -0.39 is 0 Å². The molecule has 0 saturated heterocycles. The van der Waals surface area contributed by atoms with Gasteiger partial charge in [0.15, 0.2) is 12.4 Å². The SMILES string of the molecule is Nc1cccc(OCC(=O)Nc2cnccn2)c1. The second-order valence-electron chi connectivity index (χ2n) is 3.50. The Hall–Kier alpha value is -2.63. The summed E-state index contributed by atoms with van der Waals surface area (Å²) in [4.78, 5) is 19.3. The smallest absolute Gasteiger partial charge is 0.263 e. The Morgan fingerprint density at radius 3 is 3.00 bits per heavy atom. The van der Waals surface area contributed by atoms with Crippen molar-refractivity contribution in [3.8, 4) is 5.75 Å². The molecule has 1 aromatic carbocycles. The Morgan fingerprint density at radius 1 is 1.39 bits per heavy atom. The van der Waals surface area contributed by atoms with Crippen molar-refractivity contribution in [1.29, 1.82) is 0 Å². The van der Waals surface area contributed by atoms with Crippen molar-refractivity contribution in [3.63, 3.8) is 0 Å². The Labute approximate surface area is 104 Å². The van der Waals surface area contributed by atoms with Crippen LogP contribution in [0.1, 0.15) is 0 Å². The molecular formula is C12H12N4O2. The second kappa shape index (κ2) is 5.62. The largest absolute Gasteiger partial charge is 0.484 e. The maximum atomic E-state index is 11.5. The summed E-state index contributed by atoms with van der Waals surface area (Å²) in [7, 11) is 0. The first-order valence-electron chi connectivity index (χ1n) is 5.28. The van der Waals surface area contributed by atoms with E-state index in [1.54, 1.807) is 24.3 Å². The average Bonchev–Trinajstić information content (AvgIpc) is 2.38. The number of anilines is 2. The van der Waals surface area contributed by atoms with Crippen LogP contribution < -0.4 is 15.8 Å². The number of rotatable bonds is 4. The number of benzene rings is 1. The zero-order valence-electron chi connectivity index (χ0n) is 9.54. The van der Waals surface area contributed by atoms with Crippen LogP contribution in [0.15, 0.2) is 42.9 Å². The maximum absolute atomic E-state index is 11.5. The fourth-order valence-electron chi connectivity index (χ4n) is 1.30. The third kappa shape index (κ3) is 3.44. The van der Waals surface area contributed by atoms with E-state index in [9.17, 15) is 4.79 Å². The van der Waals surface area contributed by atoms with Crippen molar-refractivity contribution < 1.29 is 9.53 Å². The molecule has 1 aromatic heterocycles. The highest BCUT2D eigenvalue weighted by Crippen LogP contribution is 2.14. The third-order valence-corrected chi connectivity index (χ3v) is 2.06. The van der Waals surface area contributed by atoms with Crippen molar-refractivity contribution in [1.82, 2.24) is 9.97 Å². The number of nitrogens with one attached hydrogen (secondary N) is 1. The zero-order valence-corrected chi connectivity index (χ0v) is 9.54. The third-order valence-electron chi connectivity index (χ3n) is 2.06. The summed E-state index contributed by atoms with van der Waals surface area (Å²) >= 11 is 0. The van der Waals surface area contributed by atoms with E-state index in [1.807, 2.05) is 0 Å². The maximum Gasteiger partial charge on any atom is 0.263 e. The fourth-order valence-corrected chi connectivity index (χ4v) is 1.30. The van der Waals surface area contributed by atoms with Gasteiger partial charge in [0.25, 0.3) is 5.91 Å². The first-order chi connectivity index (χ1) is 8.74. The molecule has 6 nitrogen and oxygen atoms in total. The number of amides is 1. The zero-order chi connectivity index (χ0) is 12.8. The highest BCUT2D eigenvalue weighted by molar-refractivity contribution is 5.90. The van der Waals surface area contributed by atoms with Crippen LogP contribution >= 0.6 is 0 Å². The molecule has 2 aromatic rings. The van der Waals surface area contributed by atoms with Gasteiger partial charge in [-0.05, 0) is 12.1 Å². The van der Waals surface area contributed by atoms with Gasteiger partial charge >= 0.3 is 0 Å². The number of nitrogens with zero attached hydrogens (tertiary/aromatic N) is 2. The summed E-state index contributed by atoms with van der Waals surface area (Å²) in [5.41, 5.74) is 6.17. The van der Waals surface area contributed by atoms with Crippen molar-refractivity contribution >= 4 is 17.4 Å². The quantitative estimate of drug-likeness (QED) is 0.785. The molecule has 1 heterocycles. The van der Waals surface area contributed by atoms with Gasteiger partial charge in [0.05, 0.1) is 6.20 Å². The first-order valence-corrected chi connectivity index (χ1v) is 5.28. The minimum atomic E-state index is -0.307. The molecule has 0 atom stereocenters. The first kappa shape index (κ1) is 11.8. The van der Waals surface area contributed by atoms with E-state index in [1.165, 1.54) is 18.6 Å². The number of nitrogen functional groups attached to an aromatic ring is 1. The van der Waals surface area contributed by atoms with E-state index in [4.69, 9.17) is 10.5 Å². The molecule has 1 amide bonds. The van der Waals surface area contributed by atoms with Gasteiger partial charge in [0.2, 0.25) is 0 Å². The Morgan fingerprint density at radius 2 is 2.28 bits per heavy atom. The normalized spacial score (nSPS) is 9.78. The summed E-state index contributed by atoms with van der Waals surface area (Å²) in [6.45, 7) is -0.111. The van der Waals surface area contributed by atoms with Gasteiger partial charge in [-0.2, -0.15) is 0 Å². The lowest BCUT2D eigenvalue weighted by Gasteiger charge is -2.06. The number of carbonyl (C=O) groups excluding carboxylic acids is 1. The lowest BCUT2D eigenvalue weighted by atomic mass is 10.3. The molecule has 92 valence electrons. The summed E-state index contributed by atoms with van der Waals surface area (Å²) in [5, 5.41) is 2.56. The van der Waals surface area contributed by atoms with E-state index in [-0.39, 0.29) is 12.5 Å². The highest BCUT2D eigenvalue weighted by Gasteiger charge is 2.04. The molecule has 0 radical (unpaired) electrons. The number of carbonyl (C=O) groups is 1. The van der Waals surface area contributed by atoms with Crippen LogP contribution in [0.5, 0.6) is 5.75 Å². The van der Waals surface area contributed by atoms with Gasteiger partial charge in [0.1, 0.15) is 5.75 Å². The van der Waals surface area contributed by atoms with Gasteiger partial charge in [-0.1, -0.05) is 6.07 Å². The van der Waals surface area contributed by atoms with Crippen LogP contribution in [0.25, 0.3) is 0 Å². The number of hydrogen-bond acceptors (Lipinski definition) is 5. The molecule has 0 aliphatic carbocycles. The highest BCUT2D eigenvalue weighted by atomic mass is 16.5. The predicted molar refractivity (Wildman–Crippen MR) is 67.0 cm³/mol. The topological polar surface area (TPSA) is 90.1 Å². The molecule has 0 aliphatic heterocycles. The minimum Gasteiger partial charge on any atom is -0.484 e. The molecule has 2 rings (SSSR count). The van der Waals surface area contributed by atoms with Crippen molar-refractivity contribution in [3.05, 3.63) is 42.9 Å². The standard InChI is InChI=1S/C12H12N4O2/c13-9-2-1-3-10(6-9)18-8-12(17)16-11-7-14-4-5-15-11/h1-7H,8,13H2,(H,15,16,17). The van der Waals surface area contributed by atoms with Gasteiger partial charge in [-0.3, -0.25) is 9.78 Å². The molecule has 18 heavy (non-hydrogen) atoms. The van der Waals surface area contributed by atoms with Crippen molar-refractivity contribution in [2.45, 2.75) is 0 Å². The van der Waals surface area contributed by atoms with Crippen molar-refractivity contribution in [2.24, 2.45) is 0 Å². The number of nitrogens with two attached hydrogens (primary N) is 1. The van der Waals surface area contributed by atoms with Crippen LogP contribution in [0.4, 0.5) is 11.5 Å². The van der Waals surface area contributed by atoms with E-state index in [0.717, 1.165) is 0 Å². The van der Waals surface area contributed by atoms with E-state index in [2.05, 4.69) is 15.3 Å². The lowest BCUT2D eigenvalue weighted by Crippen LogP contribution is -2.20. The summed E-state index contributed by atoms with van der Waals surface area (Å²) < 4.78 is 5.28. The fraction of sp³-hybridized carbons (Fsp3) is 0.0833. The molecule has 0 spiro atoms. The molecule has 3 N–H and O–H groups in total. The molecule has 6 heteroatoms. The summed E-state index contributed by atoms with van der Waals surface area (Å²) in [6.07, 6.45) is 4.48. The number of aromatic nitrogens is 2. The Balaban J connectivity index is 1.85. The average molecular weight is 244 g/mol.